The van der Waals surface area contributed by atoms with Gasteiger partial charge in [0.2, 0.25) is 11.8 Å². The van der Waals surface area contributed by atoms with Crippen LogP contribution < -0.4 is 10.6 Å². The molecule has 1 rings (SSSR count). The minimum atomic E-state index is -1.16. The minimum Gasteiger partial charge on any atom is -0.468 e. The summed E-state index contributed by atoms with van der Waals surface area (Å²) in [7, 11) is 1.20. The Hall–Kier alpha value is -3.14. The smallest absolute Gasteiger partial charge is 0.408 e. The van der Waals surface area contributed by atoms with Crippen molar-refractivity contribution in [3.05, 3.63) is 35.4 Å². The van der Waals surface area contributed by atoms with Crippen LogP contribution in [0.15, 0.2) is 24.3 Å². The van der Waals surface area contributed by atoms with Crippen LogP contribution >= 0.6 is 0 Å². The number of amides is 3. The van der Waals surface area contributed by atoms with Crippen molar-refractivity contribution < 1.29 is 33.8 Å². The number of nitrogens with zero attached hydrogens (tertiary/aromatic N) is 1. The first-order valence-electron chi connectivity index (χ1n) is 11.6. The third-order valence-electron chi connectivity index (χ3n) is 4.87. The summed E-state index contributed by atoms with van der Waals surface area (Å²) < 4.78 is 9.91. The number of aryl methyl sites for hydroxylation is 1. The van der Waals surface area contributed by atoms with Gasteiger partial charge in [0.25, 0.3) is 0 Å². The first kappa shape index (κ1) is 29.9. The Morgan fingerprint density at radius 2 is 1.80 bits per heavy atom. The molecule has 0 fully saturated rings. The Kier molecular flexibility index (Phi) is 11.7. The Labute approximate surface area is 207 Å². The van der Waals surface area contributed by atoms with Crippen LogP contribution in [0, 0.1) is 12.8 Å². The molecule has 196 valence electrons. The van der Waals surface area contributed by atoms with Crippen molar-refractivity contribution in [2.45, 2.75) is 65.6 Å². The predicted molar refractivity (Wildman–Crippen MR) is 130 cm³/mol. The van der Waals surface area contributed by atoms with Gasteiger partial charge in [0.05, 0.1) is 13.7 Å². The number of esters is 1. The van der Waals surface area contributed by atoms with Gasteiger partial charge in [-0.15, -0.1) is 0 Å². The highest BCUT2D eigenvalue weighted by Gasteiger charge is 2.36. The van der Waals surface area contributed by atoms with Crippen LogP contribution in [0.3, 0.4) is 0 Å². The van der Waals surface area contributed by atoms with E-state index in [1.54, 1.807) is 39.0 Å². The molecule has 0 saturated carbocycles. The maximum atomic E-state index is 13.7. The van der Waals surface area contributed by atoms with Crippen molar-refractivity contribution in [2.75, 3.05) is 26.8 Å². The second kappa shape index (κ2) is 13.7. The quantitative estimate of drug-likeness (QED) is 0.402. The highest BCUT2D eigenvalue weighted by Crippen LogP contribution is 2.24. The van der Waals surface area contributed by atoms with Gasteiger partial charge in [-0.25, -0.2) is 4.79 Å². The standard InChI is InChI=1S/C25H39N3O7/c1-16(2)13-19(27-24(33)35-25(4,5)6)23(32)28(11-12-29)21(18-10-8-9-17(3)14-18)22(31)26-15-20(30)34-7/h8-10,14,16,19,21,29H,11-13,15H2,1-7H3,(H,26,31)(H,27,33). The van der Waals surface area contributed by atoms with Gasteiger partial charge < -0.3 is 30.1 Å². The van der Waals surface area contributed by atoms with E-state index in [9.17, 15) is 24.3 Å². The Balaban J connectivity index is 3.40. The molecule has 0 aliphatic heterocycles. The Bertz CT molecular complexity index is 880. The fraction of sp³-hybridized carbons (Fsp3) is 0.600. The summed E-state index contributed by atoms with van der Waals surface area (Å²) in [5.74, 6) is -1.80. The van der Waals surface area contributed by atoms with Gasteiger partial charge in [0, 0.05) is 6.54 Å². The number of carbonyl (C=O) groups is 4. The molecule has 0 saturated heterocycles. The largest absolute Gasteiger partial charge is 0.468 e. The summed E-state index contributed by atoms with van der Waals surface area (Å²) in [6.45, 7) is 9.80. The second-order valence-electron chi connectivity index (χ2n) is 9.69. The molecule has 2 unspecified atom stereocenters. The van der Waals surface area contributed by atoms with Crippen LogP contribution in [0.5, 0.6) is 0 Å². The van der Waals surface area contributed by atoms with Gasteiger partial charge in [0.1, 0.15) is 24.2 Å². The molecular weight excluding hydrogens is 454 g/mol. The molecule has 0 aliphatic rings. The minimum absolute atomic E-state index is 0.0282. The number of aliphatic hydroxyl groups is 1. The van der Waals surface area contributed by atoms with E-state index in [-0.39, 0.29) is 25.4 Å². The monoisotopic (exact) mass is 493 g/mol. The van der Waals surface area contributed by atoms with Gasteiger partial charge in [-0.05, 0) is 45.6 Å². The normalized spacial score (nSPS) is 12.9. The van der Waals surface area contributed by atoms with E-state index in [1.165, 1.54) is 12.0 Å². The number of alkyl carbamates (subject to hydrolysis) is 1. The zero-order valence-corrected chi connectivity index (χ0v) is 21.7. The van der Waals surface area contributed by atoms with Crippen LogP contribution in [0.25, 0.3) is 0 Å². The number of nitrogens with one attached hydrogen (secondary N) is 2. The number of aliphatic hydroxyl groups excluding tert-OH is 1. The molecule has 0 heterocycles. The number of ether oxygens (including phenoxy) is 2. The maximum absolute atomic E-state index is 13.7. The van der Waals surface area contributed by atoms with Crippen molar-refractivity contribution in [2.24, 2.45) is 5.92 Å². The van der Waals surface area contributed by atoms with Crippen molar-refractivity contribution in [3.63, 3.8) is 0 Å². The zero-order chi connectivity index (χ0) is 26.8. The summed E-state index contributed by atoms with van der Waals surface area (Å²) in [4.78, 5) is 52.3. The number of benzene rings is 1. The molecule has 10 heteroatoms. The van der Waals surface area contributed by atoms with Gasteiger partial charge in [-0.1, -0.05) is 43.7 Å². The highest BCUT2D eigenvalue weighted by molar-refractivity contribution is 5.93. The number of hydrogen-bond donors (Lipinski definition) is 3. The second-order valence-corrected chi connectivity index (χ2v) is 9.69. The highest BCUT2D eigenvalue weighted by atomic mass is 16.6. The third kappa shape index (κ3) is 10.3. The average Bonchev–Trinajstić information content (AvgIpc) is 2.74. The first-order valence-corrected chi connectivity index (χ1v) is 11.6. The molecule has 0 bridgehead atoms. The number of rotatable bonds is 11. The molecule has 0 radical (unpaired) electrons. The Morgan fingerprint density at radius 1 is 1.14 bits per heavy atom. The lowest BCUT2D eigenvalue weighted by Gasteiger charge is -2.34. The van der Waals surface area contributed by atoms with Gasteiger partial charge >= 0.3 is 12.1 Å². The molecule has 0 aromatic heterocycles. The van der Waals surface area contributed by atoms with E-state index >= 15 is 0 Å². The van der Waals surface area contributed by atoms with Crippen LogP contribution in [0.2, 0.25) is 0 Å². The van der Waals surface area contributed by atoms with Gasteiger partial charge in [-0.2, -0.15) is 0 Å². The summed E-state index contributed by atoms with van der Waals surface area (Å²) in [5, 5.41) is 14.9. The zero-order valence-electron chi connectivity index (χ0n) is 21.7. The molecule has 0 aliphatic carbocycles. The molecule has 2 atom stereocenters. The van der Waals surface area contributed by atoms with E-state index in [2.05, 4.69) is 15.4 Å². The summed E-state index contributed by atoms with van der Waals surface area (Å²) in [6, 6.07) is 4.87. The van der Waals surface area contributed by atoms with E-state index in [0.29, 0.717) is 5.56 Å². The van der Waals surface area contributed by atoms with E-state index in [1.807, 2.05) is 26.8 Å². The molecule has 10 nitrogen and oxygen atoms in total. The first-order chi connectivity index (χ1) is 16.3. The summed E-state index contributed by atoms with van der Waals surface area (Å²) in [5.41, 5.74) is 0.586. The number of methoxy groups -OCH3 is 1. The van der Waals surface area contributed by atoms with Crippen LogP contribution in [0.4, 0.5) is 4.79 Å². The maximum Gasteiger partial charge on any atom is 0.408 e. The molecule has 1 aromatic rings. The van der Waals surface area contributed by atoms with Crippen LogP contribution in [-0.2, 0) is 23.9 Å². The lowest BCUT2D eigenvalue weighted by atomic mass is 9.98. The van der Waals surface area contributed by atoms with Crippen molar-refractivity contribution >= 4 is 23.9 Å². The fourth-order valence-corrected chi connectivity index (χ4v) is 3.46. The van der Waals surface area contributed by atoms with Crippen LogP contribution in [-0.4, -0.2) is 72.3 Å². The number of hydrogen-bond acceptors (Lipinski definition) is 7. The topological polar surface area (TPSA) is 134 Å². The Morgan fingerprint density at radius 3 is 2.31 bits per heavy atom. The molecule has 1 aromatic carbocycles. The molecule has 3 amide bonds. The molecule has 3 N–H and O–H groups in total. The third-order valence-corrected chi connectivity index (χ3v) is 4.87. The SMILES string of the molecule is COC(=O)CNC(=O)C(c1cccc(C)c1)N(CCO)C(=O)C(CC(C)C)NC(=O)OC(C)(C)C. The molecule has 0 spiro atoms. The lowest BCUT2D eigenvalue weighted by Crippen LogP contribution is -2.54. The summed E-state index contributed by atoms with van der Waals surface area (Å²) >= 11 is 0. The molecule has 35 heavy (non-hydrogen) atoms. The fourth-order valence-electron chi connectivity index (χ4n) is 3.46. The van der Waals surface area contributed by atoms with Gasteiger partial charge in [-0.3, -0.25) is 14.4 Å². The van der Waals surface area contributed by atoms with Crippen LogP contribution in [0.1, 0.15) is 58.2 Å². The van der Waals surface area contributed by atoms with E-state index in [0.717, 1.165) is 5.56 Å². The van der Waals surface area contributed by atoms with E-state index in [4.69, 9.17) is 4.74 Å². The lowest BCUT2D eigenvalue weighted by molar-refractivity contribution is -0.145. The average molecular weight is 494 g/mol. The van der Waals surface area contributed by atoms with Gasteiger partial charge in [0.15, 0.2) is 0 Å². The van der Waals surface area contributed by atoms with Crippen molar-refractivity contribution in [1.82, 2.24) is 15.5 Å². The van der Waals surface area contributed by atoms with E-state index < -0.39 is 48.2 Å². The van der Waals surface area contributed by atoms with Crippen molar-refractivity contribution in [1.29, 1.82) is 0 Å². The predicted octanol–water partition coefficient (Wildman–Crippen LogP) is 2.09. The summed E-state index contributed by atoms with van der Waals surface area (Å²) in [6.07, 6.45) is -0.479. The number of carbonyl (C=O) groups excluding carboxylic acids is 4. The molecular formula is C25H39N3O7. The van der Waals surface area contributed by atoms with Crippen molar-refractivity contribution in [3.8, 4) is 0 Å².